The second-order valence-corrected chi connectivity index (χ2v) is 5.70. The van der Waals surface area contributed by atoms with E-state index in [1.807, 2.05) is 0 Å². The molecule has 0 spiro atoms. The van der Waals surface area contributed by atoms with Gasteiger partial charge in [-0.05, 0) is 0 Å². The molecule has 0 aliphatic carbocycles. The van der Waals surface area contributed by atoms with Crippen molar-refractivity contribution >= 4 is 0 Å². The fourth-order valence-corrected chi connectivity index (χ4v) is 1.61. The van der Waals surface area contributed by atoms with Gasteiger partial charge in [0.25, 0.3) is 0 Å². The average molecular weight is 516 g/mol. The summed E-state index contributed by atoms with van der Waals surface area (Å²) in [5.74, 6) is -74.0. The van der Waals surface area contributed by atoms with E-state index in [4.69, 9.17) is 0 Å². The predicted molar refractivity (Wildman–Crippen MR) is 56.5 cm³/mol. The molecular formula is C11H4F20. The van der Waals surface area contributed by atoms with Gasteiger partial charge in [-0.3, -0.25) is 0 Å². The van der Waals surface area contributed by atoms with Crippen LogP contribution in [-0.4, -0.2) is 66.7 Å². The lowest BCUT2D eigenvalue weighted by Crippen LogP contribution is -2.76. The van der Waals surface area contributed by atoms with E-state index >= 15 is 0 Å². The third-order valence-corrected chi connectivity index (χ3v) is 3.62. The molecule has 20 heteroatoms. The Hall–Kier alpha value is -1.40. The third kappa shape index (κ3) is 3.45. The smallest absolute Gasteiger partial charge is 0.244 e. The van der Waals surface area contributed by atoms with E-state index in [1.54, 1.807) is 0 Å². The van der Waals surface area contributed by atoms with Crippen LogP contribution in [-0.2, 0) is 0 Å². The zero-order valence-corrected chi connectivity index (χ0v) is 13.5. The number of hydrogen-bond donors (Lipinski definition) is 0. The molecule has 0 aromatic heterocycles. The summed E-state index contributed by atoms with van der Waals surface area (Å²) in [6, 6.07) is 0. The fourth-order valence-electron chi connectivity index (χ4n) is 1.61. The van der Waals surface area contributed by atoms with Crippen molar-refractivity contribution in [2.45, 2.75) is 53.3 Å². The first kappa shape index (κ1) is 29.6. The summed E-state index contributed by atoms with van der Waals surface area (Å²) in [4.78, 5) is 0. The Bertz CT molecular complexity index is 590. The van der Waals surface area contributed by atoms with Gasteiger partial charge in [0, 0.05) is 0 Å². The molecule has 0 bridgehead atoms. The molecule has 0 nitrogen and oxygen atoms in total. The number of alkyl halides is 20. The first-order valence-corrected chi connectivity index (χ1v) is 6.64. The van der Waals surface area contributed by atoms with E-state index in [-0.39, 0.29) is 0 Å². The number of hydrogen-bond acceptors (Lipinski definition) is 0. The molecule has 0 heterocycles. The highest BCUT2D eigenvalue weighted by Gasteiger charge is 2.96. The quantitative estimate of drug-likeness (QED) is 0.286. The van der Waals surface area contributed by atoms with Crippen molar-refractivity contribution in [1.82, 2.24) is 0 Å². The first-order valence-electron chi connectivity index (χ1n) is 6.64. The van der Waals surface area contributed by atoms with Gasteiger partial charge in [-0.15, -0.1) is 0 Å². The Labute approximate surface area is 156 Å². The Morgan fingerprint density at radius 3 is 0.516 bits per heavy atom. The van der Waals surface area contributed by atoms with Gasteiger partial charge in [-0.1, -0.05) is 0 Å². The molecule has 31 heavy (non-hydrogen) atoms. The van der Waals surface area contributed by atoms with E-state index in [0.29, 0.717) is 0 Å². The molecule has 0 aromatic carbocycles. The van der Waals surface area contributed by atoms with Crippen LogP contribution in [0.15, 0.2) is 0 Å². The van der Waals surface area contributed by atoms with E-state index in [9.17, 15) is 87.8 Å². The second-order valence-electron chi connectivity index (χ2n) is 5.70. The molecule has 0 saturated heterocycles. The minimum Gasteiger partial charge on any atom is -0.244 e. The Morgan fingerprint density at radius 2 is 0.387 bits per heavy atom. The van der Waals surface area contributed by atoms with Crippen molar-refractivity contribution in [2.24, 2.45) is 0 Å². The standard InChI is InChI=1S/C11H4F20/c12-1-3(14,15)5(18,19)7(22,23)9(26,27)11(30,31)10(28,29)8(24,25)6(20,21)4(16,17)2-13/h1-2H2. The van der Waals surface area contributed by atoms with Crippen LogP contribution in [0, 0.1) is 0 Å². The largest absolute Gasteiger partial charge is 0.385 e. The van der Waals surface area contributed by atoms with Crippen molar-refractivity contribution < 1.29 is 87.8 Å². The minimum absolute atomic E-state index is 4.04. The fraction of sp³-hybridized carbons (Fsp3) is 1.00. The zero-order valence-electron chi connectivity index (χ0n) is 13.5. The topological polar surface area (TPSA) is 0 Å². The lowest BCUT2D eigenvalue weighted by Gasteiger charge is -2.44. The van der Waals surface area contributed by atoms with Gasteiger partial charge in [-0.25, -0.2) is 8.78 Å². The molecular weight excluding hydrogens is 512 g/mol. The number of rotatable bonds is 10. The van der Waals surface area contributed by atoms with Crippen molar-refractivity contribution in [3.8, 4) is 0 Å². The normalized spacial score (nSPS) is 16.6. The molecule has 0 atom stereocenters. The van der Waals surface area contributed by atoms with Gasteiger partial charge < -0.3 is 0 Å². The third-order valence-electron chi connectivity index (χ3n) is 3.62. The SMILES string of the molecule is FCC(F)(F)C(F)(F)C(F)(F)C(F)(F)C(F)(F)C(F)(F)C(F)(F)C(F)(F)C(F)(F)CF. The maximum Gasteiger partial charge on any atom is 0.385 e. The van der Waals surface area contributed by atoms with Crippen molar-refractivity contribution in [2.75, 3.05) is 13.3 Å². The average Bonchev–Trinajstić information content (AvgIpc) is 2.59. The highest BCUT2D eigenvalue weighted by molar-refractivity contribution is 5.17. The van der Waals surface area contributed by atoms with Gasteiger partial charge >= 0.3 is 53.3 Å². The van der Waals surface area contributed by atoms with Crippen LogP contribution >= 0.6 is 0 Å². The van der Waals surface area contributed by atoms with Crippen LogP contribution in [0.1, 0.15) is 0 Å². The zero-order chi connectivity index (χ0) is 25.9. The molecule has 0 amide bonds. The number of halogens is 20. The lowest BCUT2D eigenvalue weighted by atomic mass is 9.86. The molecule has 0 rings (SSSR count). The van der Waals surface area contributed by atoms with Gasteiger partial charge in [0.15, 0.2) is 13.3 Å². The molecule has 0 radical (unpaired) electrons. The first-order chi connectivity index (χ1) is 13.1. The summed E-state index contributed by atoms with van der Waals surface area (Å²) in [6.45, 7) is -8.07. The lowest BCUT2D eigenvalue weighted by molar-refractivity contribution is -0.462. The molecule has 0 fully saturated rings. The van der Waals surface area contributed by atoms with Crippen molar-refractivity contribution in [3.05, 3.63) is 0 Å². The summed E-state index contributed by atoms with van der Waals surface area (Å²) < 4.78 is 256. The molecule has 0 N–H and O–H groups in total. The summed E-state index contributed by atoms with van der Waals surface area (Å²) in [5.41, 5.74) is 0. The maximum absolute atomic E-state index is 13.2. The van der Waals surface area contributed by atoms with Crippen molar-refractivity contribution in [3.63, 3.8) is 0 Å². The van der Waals surface area contributed by atoms with Crippen LogP contribution in [0.25, 0.3) is 0 Å². The van der Waals surface area contributed by atoms with Gasteiger partial charge in [0.2, 0.25) is 0 Å². The Kier molecular flexibility index (Phi) is 6.98. The molecule has 0 aliphatic heterocycles. The highest BCUT2D eigenvalue weighted by atomic mass is 19.4. The molecule has 0 aliphatic rings. The molecule has 0 aromatic rings. The summed E-state index contributed by atoms with van der Waals surface area (Å²) in [5, 5.41) is 0. The molecule has 0 saturated carbocycles. The van der Waals surface area contributed by atoms with Crippen LogP contribution in [0.2, 0.25) is 0 Å². The van der Waals surface area contributed by atoms with E-state index in [2.05, 4.69) is 0 Å². The van der Waals surface area contributed by atoms with Crippen LogP contribution in [0.3, 0.4) is 0 Å². The predicted octanol–water partition coefficient (Wildman–Crippen LogP) is 6.64. The van der Waals surface area contributed by atoms with Gasteiger partial charge in [-0.2, -0.15) is 79.0 Å². The second kappa shape index (κ2) is 7.31. The summed E-state index contributed by atoms with van der Waals surface area (Å²) in [7, 11) is 0. The van der Waals surface area contributed by atoms with Gasteiger partial charge in [0.05, 0.1) is 0 Å². The van der Waals surface area contributed by atoms with E-state index in [0.717, 1.165) is 0 Å². The molecule has 188 valence electrons. The highest BCUT2D eigenvalue weighted by Crippen LogP contribution is 2.65. The Balaban J connectivity index is 6.89. The monoisotopic (exact) mass is 516 g/mol. The minimum atomic E-state index is -8.93. The van der Waals surface area contributed by atoms with E-state index in [1.165, 1.54) is 0 Å². The van der Waals surface area contributed by atoms with E-state index < -0.39 is 66.7 Å². The van der Waals surface area contributed by atoms with Crippen LogP contribution in [0.5, 0.6) is 0 Å². The maximum atomic E-state index is 13.2. The van der Waals surface area contributed by atoms with Crippen molar-refractivity contribution in [1.29, 1.82) is 0 Å². The van der Waals surface area contributed by atoms with Crippen LogP contribution < -0.4 is 0 Å². The molecule has 0 unspecified atom stereocenters. The summed E-state index contributed by atoms with van der Waals surface area (Å²) in [6.07, 6.45) is 0. The van der Waals surface area contributed by atoms with Crippen LogP contribution in [0.4, 0.5) is 87.8 Å². The van der Waals surface area contributed by atoms with Gasteiger partial charge in [0.1, 0.15) is 0 Å². The Morgan fingerprint density at radius 1 is 0.258 bits per heavy atom. The summed E-state index contributed by atoms with van der Waals surface area (Å²) >= 11 is 0.